The number of nitrogens with one attached hydrogen (secondary N) is 1. The normalized spacial score (nSPS) is 14.0. The van der Waals surface area contributed by atoms with Crippen LogP contribution in [0.25, 0.3) is 0 Å². The Balaban J connectivity index is 2.74. The number of terminal acetylenes is 1. The number of hydrogen-bond donors (Lipinski definition) is 2. The predicted octanol–water partition coefficient (Wildman–Crippen LogP) is 5.91. The molecule has 0 bridgehead atoms. The quantitative estimate of drug-likeness (QED) is 0.115. The number of nitrogens with zero attached hydrogens (tertiary/aromatic N) is 3. The zero-order chi connectivity index (χ0) is 26.1. The summed E-state index contributed by atoms with van der Waals surface area (Å²) in [6.07, 6.45) is 17.5. The molecule has 2 atom stereocenters. The number of unbranched alkanes of at least 4 members (excludes halogenated alkanes) is 6. The predicted molar refractivity (Wildman–Crippen MR) is 139 cm³/mol. The number of carbonyl (C=O) groups excluding carboxylic acids is 1. The summed E-state index contributed by atoms with van der Waals surface area (Å²) in [5.41, 5.74) is -0.243. The molecule has 2 unspecified atom stereocenters. The molecule has 0 aromatic carbocycles. The van der Waals surface area contributed by atoms with Gasteiger partial charge in [-0.3, -0.25) is 9.79 Å². The third kappa shape index (κ3) is 11.3. The summed E-state index contributed by atoms with van der Waals surface area (Å²) in [6, 6.07) is 0. The van der Waals surface area contributed by atoms with Crippen molar-refractivity contribution in [2.45, 2.75) is 103 Å². The van der Waals surface area contributed by atoms with E-state index in [-0.39, 0.29) is 24.2 Å². The minimum Gasteiger partial charge on any atom is -0.392 e. The Kier molecular flexibility index (Phi) is 15.0. The van der Waals surface area contributed by atoms with Crippen LogP contribution in [0.2, 0.25) is 0 Å². The fraction of sp³-hybridized carbons (Fsp3) is 0.704. The molecule has 0 fully saturated rings. The lowest BCUT2D eigenvalue weighted by Crippen LogP contribution is -2.34. The molecule has 0 aliphatic rings. The number of aromatic nitrogens is 2. The van der Waals surface area contributed by atoms with Crippen molar-refractivity contribution in [3.63, 3.8) is 0 Å². The maximum atomic E-state index is 13.9. The summed E-state index contributed by atoms with van der Waals surface area (Å²) in [5, 5.41) is 12.3. The molecule has 0 saturated carbocycles. The molecule has 1 rings (SSSR count). The molecule has 1 amide bonds. The van der Waals surface area contributed by atoms with Gasteiger partial charge < -0.3 is 15.2 Å². The van der Waals surface area contributed by atoms with Crippen molar-refractivity contribution in [2.75, 3.05) is 19.0 Å². The van der Waals surface area contributed by atoms with Crippen LogP contribution in [-0.2, 0) is 9.53 Å². The minimum atomic E-state index is -0.968. The smallest absolute Gasteiger partial charge is 0.310 e. The van der Waals surface area contributed by atoms with Crippen LogP contribution >= 0.6 is 0 Å². The number of halogens is 1. The van der Waals surface area contributed by atoms with E-state index in [1.165, 1.54) is 32.8 Å². The van der Waals surface area contributed by atoms with E-state index in [9.17, 15) is 14.3 Å². The van der Waals surface area contributed by atoms with Crippen molar-refractivity contribution >= 4 is 23.6 Å². The fourth-order valence-corrected chi connectivity index (χ4v) is 3.85. The molecule has 8 heteroatoms. The number of aliphatic hydroxyl groups is 1. The summed E-state index contributed by atoms with van der Waals surface area (Å²) in [7, 11) is 1.50. The summed E-state index contributed by atoms with van der Waals surface area (Å²) >= 11 is 0. The third-order valence-electron chi connectivity index (χ3n) is 6.30. The van der Waals surface area contributed by atoms with E-state index in [0.29, 0.717) is 24.2 Å². The van der Waals surface area contributed by atoms with Crippen LogP contribution in [0.4, 0.5) is 15.9 Å². The number of aryl methyl sites for hydroxylation is 1. The Morgan fingerprint density at radius 3 is 2.51 bits per heavy atom. The Bertz CT molecular complexity index is 834. The van der Waals surface area contributed by atoms with Crippen molar-refractivity contribution in [3.8, 4) is 12.3 Å². The topological polar surface area (TPSA) is 96.7 Å². The first kappa shape index (κ1) is 30.7. The Hall–Kier alpha value is -2.37. The van der Waals surface area contributed by atoms with E-state index < -0.39 is 11.7 Å². The first-order valence-corrected chi connectivity index (χ1v) is 12.9. The van der Waals surface area contributed by atoms with Crippen LogP contribution in [0, 0.1) is 31.3 Å². The number of carbonyl (C=O) groups is 1. The Morgan fingerprint density at radius 1 is 1.23 bits per heavy atom. The molecule has 35 heavy (non-hydrogen) atoms. The molecule has 0 spiro atoms. The molecule has 7 nitrogen and oxygen atoms in total. The first-order valence-electron chi connectivity index (χ1n) is 12.9. The number of methoxy groups -OCH3 is 1. The van der Waals surface area contributed by atoms with E-state index in [2.05, 4.69) is 33.1 Å². The van der Waals surface area contributed by atoms with Crippen molar-refractivity contribution in [1.82, 2.24) is 9.97 Å². The van der Waals surface area contributed by atoms with E-state index in [1.807, 2.05) is 6.92 Å². The highest BCUT2D eigenvalue weighted by Crippen LogP contribution is 2.27. The minimum absolute atomic E-state index is 0.0973. The molecule has 1 aromatic rings. The van der Waals surface area contributed by atoms with Crippen molar-refractivity contribution < 1.29 is 19.0 Å². The van der Waals surface area contributed by atoms with Crippen molar-refractivity contribution in [2.24, 2.45) is 10.9 Å². The maximum Gasteiger partial charge on any atom is 0.310 e. The van der Waals surface area contributed by atoms with Gasteiger partial charge in [0.2, 0.25) is 5.91 Å². The second-order valence-corrected chi connectivity index (χ2v) is 9.03. The van der Waals surface area contributed by atoms with Crippen LogP contribution in [0.3, 0.4) is 0 Å². The number of hydrogen-bond acceptors (Lipinski definition) is 6. The van der Waals surface area contributed by atoms with E-state index in [0.717, 1.165) is 38.5 Å². The van der Waals surface area contributed by atoms with Gasteiger partial charge in [0.1, 0.15) is 5.69 Å². The lowest BCUT2D eigenvalue weighted by atomic mass is 9.93. The molecular weight excluding hydrogens is 447 g/mol. The SMILES string of the molecule is C#CC(CO)(CCCC(C=Nc1c(C)nc(F)nc1NC(=O)CCCCCCCCC)CC)OC. The number of aliphatic hydroxyl groups excluding tert-OH is 1. The van der Waals surface area contributed by atoms with Crippen LogP contribution < -0.4 is 5.32 Å². The van der Waals surface area contributed by atoms with Crippen molar-refractivity contribution in [3.05, 3.63) is 11.8 Å². The number of rotatable bonds is 18. The molecule has 0 saturated heterocycles. The molecule has 1 heterocycles. The maximum absolute atomic E-state index is 13.9. The van der Waals surface area contributed by atoms with Crippen LogP contribution in [0.1, 0.15) is 96.6 Å². The van der Waals surface area contributed by atoms with Gasteiger partial charge in [0.25, 0.3) is 0 Å². The number of aliphatic imine (C=N–C) groups is 1. The van der Waals surface area contributed by atoms with Gasteiger partial charge in [-0.15, -0.1) is 6.42 Å². The van der Waals surface area contributed by atoms with Gasteiger partial charge in [-0.2, -0.15) is 9.37 Å². The van der Waals surface area contributed by atoms with Crippen LogP contribution in [0.15, 0.2) is 4.99 Å². The lowest BCUT2D eigenvalue weighted by molar-refractivity contribution is -0.116. The van der Waals surface area contributed by atoms with Gasteiger partial charge in [-0.1, -0.05) is 58.3 Å². The van der Waals surface area contributed by atoms with Gasteiger partial charge >= 0.3 is 6.08 Å². The molecule has 0 aliphatic heterocycles. The van der Waals surface area contributed by atoms with Crippen molar-refractivity contribution in [1.29, 1.82) is 0 Å². The van der Waals surface area contributed by atoms with Gasteiger partial charge in [0.05, 0.1) is 12.3 Å². The Labute approximate surface area is 210 Å². The molecule has 2 N–H and O–H groups in total. The number of anilines is 1. The largest absolute Gasteiger partial charge is 0.392 e. The molecule has 1 aromatic heterocycles. The summed E-state index contributed by atoms with van der Waals surface area (Å²) in [5.74, 6) is 2.56. The van der Waals surface area contributed by atoms with E-state index in [1.54, 1.807) is 13.1 Å². The van der Waals surface area contributed by atoms with Gasteiger partial charge in [0, 0.05) is 19.7 Å². The monoisotopic (exact) mass is 490 g/mol. The number of ether oxygens (including phenoxy) is 1. The first-order chi connectivity index (χ1) is 16.8. The highest BCUT2D eigenvalue weighted by molar-refractivity contribution is 5.93. The van der Waals surface area contributed by atoms with Gasteiger partial charge in [-0.05, 0) is 44.9 Å². The summed E-state index contributed by atoms with van der Waals surface area (Å²) < 4.78 is 19.2. The lowest BCUT2D eigenvalue weighted by Gasteiger charge is -2.24. The number of amides is 1. The average molecular weight is 491 g/mol. The van der Waals surface area contributed by atoms with Crippen LogP contribution in [-0.4, -0.2) is 46.5 Å². The fourth-order valence-electron chi connectivity index (χ4n) is 3.85. The highest BCUT2D eigenvalue weighted by Gasteiger charge is 2.26. The second-order valence-electron chi connectivity index (χ2n) is 9.03. The zero-order valence-electron chi connectivity index (χ0n) is 21.9. The third-order valence-corrected chi connectivity index (χ3v) is 6.30. The molecular formula is C27H43FN4O3. The molecule has 0 aliphatic carbocycles. The van der Waals surface area contributed by atoms with E-state index in [4.69, 9.17) is 11.2 Å². The van der Waals surface area contributed by atoms with Gasteiger partial charge in [-0.25, -0.2) is 4.98 Å². The van der Waals surface area contributed by atoms with Gasteiger partial charge in [0.15, 0.2) is 11.4 Å². The molecule has 0 radical (unpaired) electrons. The Morgan fingerprint density at radius 2 is 1.91 bits per heavy atom. The zero-order valence-corrected chi connectivity index (χ0v) is 21.9. The van der Waals surface area contributed by atoms with Crippen LogP contribution in [0.5, 0.6) is 0 Å². The second kappa shape index (κ2) is 17.1. The summed E-state index contributed by atoms with van der Waals surface area (Å²) in [4.78, 5) is 24.5. The highest BCUT2D eigenvalue weighted by atomic mass is 19.1. The average Bonchev–Trinajstić information content (AvgIpc) is 2.84. The van der Waals surface area contributed by atoms with E-state index >= 15 is 0 Å². The molecule has 196 valence electrons. The standard InChI is InChI=1S/C27H43FN4O3/c1-6-9-10-11-12-13-14-17-23(34)31-25-24(21(4)30-26(28)32-25)29-19-22(7-2)16-15-18-27(8-3,20-33)35-5/h3,19,22,33H,6-7,9-18,20H2,1-2,4-5H3,(H,30,31,32,34). The summed E-state index contributed by atoms with van der Waals surface area (Å²) in [6.45, 7) is 5.64.